The maximum atomic E-state index is 12.5. The molecule has 1 amide bonds. The zero-order valence-corrected chi connectivity index (χ0v) is 20.8. The number of hydrogen-bond donors (Lipinski definition) is 1. The lowest BCUT2D eigenvalue weighted by atomic mass is 9.94. The van der Waals surface area contributed by atoms with Crippen molar-refractivity contribution in [2.45, 2.75) is 52.2 Å². The van der Waals surface area contributed by atoms with Crippen molar-refractivity contribution in [3.8, 4) is 11.1 Å². The monoisotopic (exact) mass is 475 g/mol. The van der Waals surface area contributed by atoms with Crippen LogP contribution >= 0.6 is 11.6 Å². The average Bonchev–Trinajstić information content (AvgIpc) is 2.72. The van der Waals surface area contributed by atoms with Crippen molar-refractivity contribution in [2.75, 3.05) is 20.3 Å². The second-order valence-electron chi connectivity index (χ2n) is 8.89. The first-order chi connectivity index (χ1) is 15.6. The van der Waals surface area contributed by atoms with Crippen molar-refractivity contribution in [2.24, 2.45) is 5.92 Å². The SMILES string of the molecule is CCOC(=O)C(COC)CC(Cc1ccc(-c2cccc(Cl)c2)cc1)NC(=O)OC(C)(C)C. The van der Waals surface area contributed by atoms with E-state index in [4.69, 9.17) is 25.8 Å². The second-order valence-corrected chi connectivity index (χ2v) is 9.33. The van der Waals surface area contributed by atoms with Crippen LogP contribution in [-0.2, 0) is 25.4 Å². The number of amides is 1. The van der Waals surface area contributed by atoms with Crippen LogP contribution in [0.4, 0.5) is 4.79 Å². The van der Waals surface area contributed by atoms with Gasteiger partial charge in [0.2, 0.25) is 0 Å². The Bertz CT molecular complexity index is 908. The molecule has 2 aromatic carbocycles. The molecule has 0 aliphatic rings. The fourth-order valence-electron chi connectivity index (χ4n) is 3.49. The van der Waals surface area contributed by atoms with E-state index in [0.717, 1.165) is 16.7 Å². The molecule has 0 aliphatic carbocycles. The number of carbonyl (C=O) groups excluding carboxylic acids is 2. The van der Waals surface area contributed by atoms with Crippen molar-refractivity contribution in [1.82, 2.24) is 5.32 Å². The molecule has 6 nitrogen and oxygen atoms in total. The van der Waals surface area contributed by atoms with Gasteiger partial charge in [-0.15, -0.1) is 0 Å². The van der Waals surface area contributed by atoms with Crippen molar-refractivity contribution in [3.05, 3.63) is 59.1 Å². The molecule has 1 N–H and O–H groups in total. The minimum Gasteiger partial charge on any atom is -0.466 e. The van der Waals surface area contributed by atoms with Gasteiger partial charge in [0.1, 0.15) is 5.60 Å². The largest absolute Gasteiger partial charge is 0.466 e. The van der Waals surface area contributed by atoms with Gasteiger partial charge in [-0.1, -0.05) is 48.0 Å². The standard InChI is InChI=1S/C26H34ClNO5/c1-6-32-24(29)21(17-31-5)16-23(28-25(30)33-26(2,3)4)14-18-10-12-19(13-11-18)20-8-7-9-22(27)15-20/h7-13,15,21,23H,6,14,16-17H2,1-5H3,(H,28,30). The number of alkyl carbamates (subject to hydrolysis) is 1. The van der Waals surface area contributed by atoms with Gasteiger partial charge in [-0.2, -0.15) is 0 Å². The van der Waals surface area contributed by atoms with Crippen molar-refractivity contribution >= 4 is 23.7 Å². The predicted octanol–water partition coefficient (Wildman–Crippen LogP) is 5.66. The Kier molecular flexibility index (Phi) is 10.2. The van der Waals surface area contributed by atoms with Gasteiger partial charge in [-0.05, 0) is 69.4 Å². The van der Waals surface area contributed by atoms with E-state index >= 15 is 0 Å². The molecule has 7 heteroatoms. The van der Waals surface area contributed by atoms with Gasteiger partial charge in [-0.3, -0.25) is 4.79 Å². The van der Waals surface area contributed by atoms with Crippen LogP contribution < -0.4 is 5.32 Å². The van der Waals surface area contributed by atoms with E-state index in [2.05, 4.69) is 5.32 Å². The third kappa shape index (κ3) is 9.44. The van der Waals surface area contributed by atoms with Gasteiger partial charge in [0.05, 0.1) is 19.1 Å². The summed E-state index contributed by atoms with van der Waals surface area (Å²) in [5.74, 6) is -0.840. The summed E-state index contributed by atoms with van der Waals surface area (Å²) in [4.78, 5) is 24.9. The Morgan fingerprint density at radius 3 is 2.33 bits per heavy atom. The Morgan fingerprint density at radius 1 is 1.06 bits per heavy atom. The van der Waals surface area contributed by atoms with Gasteiger partial charge in [0.15, 0.2) is 0 Å². The molecule has 0 fully saturated rings. The molecule has 2 unspecified atom stereocenters. The minimum atomic E-state index is -0.625. The van der Waals surface area contributed by atoms with E-state index in [1.165, 1.54) is 7.11 Å². The van der Waals surface area contributed by atoms with Crippen LogP contribution in [0.3, 0.4) is 0 Å². The molecule has 180 valence electrons. The molecule has 2 aromatic rings. The number of rotatable bonds is 10. The molecule has 0 aromatic heterocycles. The zero-order valence-electron chi connectivity index (χ0n) is 20.0. The summed E-state index contributed by atoms with van der Waals surface area (Å²) in [6.07, 6.45) is 0.361. The van der Waals surface area contributed by atoms with E-state index in [1.807, 2.05) is 69.3 Å². The maximum Gasteiger partial charge on any atom is 0.407 e. The zero-order chi connectivity index (χ0) is 24.4. The fraction of sp³-hybridized carbons (Fsp3) is 0.462. The lowest BCUT2D eigenvalue weighted by molar-refractivity contribution is -0.150. The van der Waals surface area contributed by atoms with E-state index in [0.29, 0.717) is 17.9 Å². The molecule has 0 saturated heterocycles. The van der Waals surface area contributed by atoms with Crippen LogP contribution in [0.15, 0.2) is 48.5 Å². The number of esters is 1. The average molecular weight is 476 g/mol. The van der Waals surface area contributed by atoms with Crippen LogP contribution in [0.25, 0.3) is 11.1 Å². The molecule has 0 bridgehead atoms. The molecule has 33 heavy (non-hydrogen) atoms. The van der Waals surface area contributed by atoms with Gasteiger partial charge >= 0.3 is 12.1 Å². The van der Waals surface area contributed by atoms with Crippen molar-refractivity contribution in [1.29, 1.82) is 0 Å². The van der Waals surface area contributed by atoms with Crippen LogP contribution in [0, 0.1) is 5.92 Å². The quantitative estimate of drug-likeness (QED) is 0.449. The summed E-state index contributed by atoms with van der Waals surface area (Å²) in [6, 6.07) is 15.4. The highest BCUT2D eigenvalue weighted by molar-refractivity contribution is 6.30. The molecule has 0 spiro atoms. The summed E-state index contributed by atoms with van der Waals surface area (Å²) < 4.78 is 15.9. The Balaban J connectivity index is 2.19. The highest BCUT2D eigenvalue weighted by atomic mass is 35.5. The summed E-state index contributed by atoms with van der Waals surface area (Å²) in [6.45, 7) is 7.68. The topological polar surface area (TPSA) is 73.9 Å². The highest BCUT2D eigenvalue weighted by Crippen LogP contribution is 2.24. The molecule has 0 aliphatic heterocycles. The van der Waals surface area contributed by atoms with E-state index in [1.54, 1.807) is 6.92 Å². The Hall–Kier alpha value is -2.57. The third-order valence-corrected chi connectivity index (χ3v) is 5.11. The summed E-state index contributed by atoms with van der Waals surface area (Å²) in [5.41, 5.74) is 2.46. The van der Waals surface area contributed by atoms with Crippen LogP contribution in [-0.4, -0.2) is 44.0 Å². The van der Waals surface area contributed by atoms with E-state index in [9.17, 15) is 9.59 Å². The van der Waals surface area contributed by atoms with Gasteiger partial charge < -0.3 is 19.5 Å². The van der Waals surface area contributed by atoms with E-state index in [-0.39, 0.29) is 25.2 Å². The molecular formula is C26H34ClNO5. The van der Waals surface area contributed by atoms with Gasteiger partial charge in [0.25, 0.3) is 0 Å². The molecule has 0 radical (unpaired) electrons. The lowest BCUT2D eigenvalue weighted by Crippen LogP contribution is -2.42. The number of nitrogens with one attached hydrogen (secondary N) is 1. The van der Waals surface area contributed by atoms with Crippen molar-refractivity contribution < 1.29 is 23.8 Å². The summed E-state index contributed by atoms with van der Waals surface area (Å²) >= 11 is 6.11. The smallest absolute Gasteiger partial charge is 0.407 e. The van der Waals surface area contributed by atoms with Crippen LogP contribution in [0.5, 0.6) is 0 Å². The number of methoxy groups -OCH3 is 1. The van der Waals surface area contributed by atoms with Crippen LogP contribution in [0.2, 0.25) is 5.02 Å². The Labute approximate surface area is 201 Å². The van der Waals surface area contributed by atoms with Crippen LogP contribution in [0.1, 0.15) is 39.7 Å². The van der Waals surface area contributed by atoms with Crippen molar-refractivity contribution in [3.63, 3.8) is 0 Å². The normalized spacial score (nSPS) is 13.2. The van der Waals surface area contributed by atoms with Gasteiger partial charge in [0, 0.05) is 18.2 Å². The number of halogens is 1. The first kappa shape index (κ1) is 26.7. The third-order valence-electron chi connectivity index (χ3n) is 4.87. The first-order valence-electron chi connectivity index (χ1n) is 11.1. The number of ether oxygens (including phenoxy) is 3. The molecule has 2 rings (SSSR count). The first-order valence-corrected chi connectivity index (χ1v) is 11.5. The van der Waals surface area contributed by atoms with Gasteiger partial charge in [-0.25, -0.2) is 4.79 Å². The molecule has 2 atom stereocenters. The second kappa shape index (κ2) is 12.6. The summed E-state index contributed by atoms with van der Waals surface area (Å²) in [7, 11) is 1.54. The molecule has 0 heterocycles. The minimum absolute atomic E-state index is 0.207. The Morgan fingerprint density at radius 2 is 1.76 bits per heavy atom. The fourth-order valence-corrected chi connectivity index (χ4v) is 3.68. The number of carbonyl (C=O) groups is 2. The predicted molar refractivity (Wildman–Crippen MR) is 130 cm³/mol. The number of hydrogen-bond acceptors (Lipinski definition) is 5. The summed E-state index contributed by atoms with van der Waals surface area (Å²) in [5, 5.41) is 3.60. The molecule has 0 saturated carbocycles. The molecular weight excluding hydrogens is 442 g/mol. The maximum absolute atomic E-state index is 12.5. The highest BCUT2D eigenvalue weighted by Gasteiger charge is 2.27. The lowest BCUT2D eigenvalue weighted by Gasteiger charge is -2.26. The van der Waals surface area contributed by atoms with E-state index < -0.39 is 17.6 Å². The number of benzene rings is 2.